The van der Waals surface area contributed by atoms with Gasteiger partial charge in [0.05, 0.1) is 17.2 Å². The Morgan fingerprint density at radius 1 is 1.33 bits per heavy atom. The molecule has 0 radical (unpaired) electrons. The van der Waals surface area contributed by atoms with Crippen LogP contribution in [0.1, 0.15) is 41.2 Å². The lowest BCUT2D eigenvalue weighted by atomic mass is 9.78. The van der Waals surface area contributed by atoms with E-state index < -0.39 is 6.10 Å². The van der Waals surface area contributed by atoms with E-state index in [1.807, 2.05) is 18.2 Å². The molecule has 0 spiro atoms. The Labute approximate surface area is 107 Å². The van der Waals surface area contributed by atoms with Crippen LogP contribution in [0.2, 0.25) is 0 Å². The lowest BCUT2D eigenvalue weighted by Gasteiger charge is -2.29. The number of nitrogens with zero attached hydrogens (tertiary/aromatic N) is 2. The molecule has 0 aromatic heterocycles. The van der Waals surface area contributed by atoms with Crippen LogP contribution in [-0.2, 0) is 6.42 Å². The smallest absolute Gasteiger partial charge is 0.101 e. The Bertz CT molecular complexity index is 563. The van der Waals surface area contributed by atoms with Gasteiger partial charge in [-0.05, 0) is 48.4 Å². The summed E-state index contributed by atoms with van der Waals surface area (Å²) in [6.07, 6.45) is 3.74. The predicted molar refractivity (Wildman–Crippen MR) is 67.5 cm³/mol. The van der Waals surface area contributed by atoms with E-state index >= 15 is 0 Å². The van der Waals surface area contributed by atoms with Crippen molar-refractivity contribution in [2.45, 2.75) is 25.4 Å². The van der Waals surface area contributed by atoms with Gasteiger partial charge in [0.15, 0.2) is 0 Å². The summed E-state index contributed by atoms with van der Waals surface area (Å²) in [5.74, 6) is 0.162. The molecular weight excluding hydrogens is 224 g/mol. The van der Waals surface area contributed by atoms with Crippen LogP contribution in [0.5, 0.6) is 0 Å². The van der Waals surface area contributed by atoms with Crippen LogP contribution in [0.15, 0.2) is 24.8 Å². The largest absolute Gasteiger partial charge is 0.388 e. The normalized spacial score (nSPS) is 21.5. The number of fused-ring (bicyclic) bond motifs is 1. The maximum atomic E-state index is 10.3. The van der Waals surface area contributed by atoms with E-state index in [2.05, 4.69) is 6.58 Å². The topological polar surface area (TPSA) is 67.8 Å². The summed E-state index contributed by atoms with van der Waals surface area (Å²) in [6, 6.07) is 7.44. The summed E-state index contributed by atoms with van der Waals surface area (Å²) in [5, 5.41) is 28.3. The zero-order valence-corrected chi connectivity index (χ0v) is 10.1. The first-order chi connectivity index (χ1) is 8.71. The SMILES string of the molecule is C=CC[C@H]1CCc2cc(C#N)c(C#N)cc2[C@H]1O. The molecule has 18 heavy (non-hydrogen) atoms. The molecule has 0 aliphatic heterocycles. The van der Waals surface area contributed by atoms with Crippen LogP contribution in [0, 0.1) is 28.6 Å². The highest BCUT2D eigenvalue weighted by molar-refractivity contribution is 5.51. The molecule has 1 N–H and O–H groups in total. The summed E-state index contributed by atoms with van der Waals surface area (Å²) in [6.45, 7) is 3.70. The number of benzene rings is 1. The van der Waals surface area contributed by atoms with Gasteiger partial charge < -0.3 is 5.11 Å². The molecule has 0 bridgehead atoms. The fourth-order valence-electron chi connectivity index (χ4n) is 2.55. The van der Waals surface area contributed by atoms with Gasteiger partial charge in [0.25, 0.3) is 0 Å². The van der Waals surface area contributed by atoms with Gasteiger partial charge in [-0.25, -0.2) is 0 Å². The lowest BCUT2D eigenvalue weighted by Crippen LogP contribution is -2.20. The molecule has 0 heterocycles. The zero-order valence-electron chi connectivity index (χ0n) is 10.1. The molecule has 0 amide bonds. The predicted octanol–water partition coefficient (Wildman–Crippen LogP) is 2.60. The number of aryl methyl sites for hydroxylation is 1. The monoisotopic (exact) mass is 238 g/mol. The van der Waals surface area contributed by atoms with Gasteiger partial charge in [0.1, 0.15) is 12.1 Å². The van der Waals surface area contributed by atoms with Crippen LogP contribution < -0.4 is 0 Å². The van der Waals surface area contributed by atoms with E-state index in [1.165, 1.54) is 0 Å². The molecule has 2 rings (SSSR count). The van der Waals surface area contributed by atoms with Gasteiger partial charge >= 0.3 is 0 Å². The highest BCUT2D eigenvalue weighted by Gasteiger charge is 2.28. The molecule has 0 unspecified atom stereocenters. The average Bonchev–Trinajstić information content (AvgIpc) is 2.41. The third-order valence-electron chi connectivity index (χ3n) is 3.54. The first-order valence-corrected chi connectivity index (χ1v) is 5.97. The van der Waals surface area contributed by atoms with Gasteiger partial charge in [-0.2, -0.15) is 10.5 Å². The summed E-state index contributed by atoms with van der Waals surface area (Å²) in [4.78, 5) is 0. The van der Waals surface area contributed by atoms with Gasteiger partial charge in [-0.15, -0.1) is 6.58 Å². The van der Waals surface area contributed by atoms with Crippen molar-refractivity contribution in [1.82, 2.24) is 0 Å². The van der Waals surface area contributed by atoms with Crippen LogP contribution in [0.4, 0.5) is 0 Å². The molecule has 1 aromatic carbocycles. The second-order valence-electron chi connectivity index (χ2n) is 4.59. The minimum absolute atomic E-state index is 0.162. The molecular formula is C15H14N2O. The Hall–Kier alpha value is -2.10. The lowest BCUT2D eigenvalue weighted by molar-refractivity contribution is 0.0951. The van der Waals surface area contributed by atoms with Crippen molar-refractivity contribution >= 4 is 0 Å². The van der Waals surface area contributed by atoms with Crippen LogP contribution in [0.3, 0.4) is 0 Å². The molecule has 3 nitrogen and oxygen atoms in total. The number of hydrogen-bond donors (Lipinski definition) is 1. The van der Waals surface area contributed by atoms with Crippen molar-refractivity contribution in [3.05, 3.63) is 47.0 Å². The quantitative estimate of drug-likeness (QED) is 0.805. The van der Waals surface area contributed by atoms with E-state index in [0.29, 0.717) is 11.1 Å². The second kappa shape index (κ2) is 5.04. The maximum absolute atomic E-state index is 10.3. The van der Waals surface area contributed by atoms with Gasteiger partial charge in [0.2, 0.25) is 0 Å². The Kier molecular flexibility index (Phi) is 3.46. The maximum Gasteiger partial charge on any atom is 0.101 e. The third kappa shape index (κ3) is 2.01. The molecule has 0 saturated carbocycles. The molecule has 2 atom stereocenters. The van der Waals surface area contributed by atoms with Crippen LogP contribution in [-0.4, -0.2) is 5.11 Å². The van der Waals surface area contributed by atoms with Crippen LogP contribution >= 0.6 is 0 Å². The summed E-state index contributed by atoms with van der Waals surface area (Å²) in [5.41, 5.74) is 2.52. The minimum Gasteiger partial charge on any atom is -0.388 e. The first kappa shape index (κ1) is 12.4. The number of allylic oxidation sites excluding steroid dienone is 1. The van der Waals surface area contributed by atoms with Gasteiger partial charge in [0, 0.05) is 0 Å². The highest BCUT2D eigenvalue weighted by atomic mass is 16.3. The molecule has 1 aliphatic carbocycles. The number of hydrogen-bond acceptors (Lipinski definition) is 3. The average molecular weight is 238 g/mol. The fourth-order valence-corrected chi connectivity index (χ4v) is 2.55. The second-order valence-corrected chi connectivity index (χ2v) is 4.59. The van der Waals surface area contributed by atoms with Crippen molar-refractivity contribution < 1.29 is 5.11 Å². The number of nitriles is 2. The molecule has 0 saturated heterocycles. The zero-order chi connectivity index (χ0) is 13.1. The van der Waals surface area contributed by atoms with Crippen molar-refractivity contribution in [2.24, 2.45) is 5.92 Å². The Morgan fingerprint density at radius 2 is 2.00 bits per heavy atom. The molecule has 90 valence electrons. The van der Waals surface area contributed by atoms with E-state index in [4.69, 9.17) is 10.5 Å². The Morgan fingerprint density at radius 3 is 2.61 bits per heavy atom. The van der Waals surface area contributed by atoms with Crippen molar-refractivity contribution in [3.63, 3.8) is 0 Å². The standard InChI is InChI=1S/C15H14N2O/c1-2-3-10-4-5-11-6-12(8-16)13(9-17)7-14(11)15(10)18/h2,6-7,10,15,18H,1,3-5H2/t10-,15-/m0/s1. The van der Waals surface area contributed by atoms with E-state index in [-0.39, 0.29) is 5.92 Å². The fraction of sp³-hybridized carbons (Fsp3) is 0.333. The molecule has 0 fully saturated rings. The van der Waals surface area contributed by atoms with Crippen molar-refractivity contribution in [1.29, 1.82) is 10.5 Å². The first-order valence-electron chi connectivity index (χ1n) is 5.97. The Balaban J connectivity index is 2.46. The summed E-state index contributed by atoms with van der Waals surface area (Å²) >= 11 is 0. The molecule has 1 aromatic rings. The van der Waals surface area contributed by atoms with E-state index in [0.717, 1.165) is 30.4 Å². The van der Waals surface area contributed by atoms with Gasteiger partial charge in [-0.1, -0.05) is 6.08 Å². The summed E-state index contributed by atoms with van der Waals surface area (Å²) < 4.78 is 0. The highest BCUT2D eigenvalue weighted by Crippen LogP contribution is 2.37. The molecule has 1 aliphatic rings. The number of aliphatic hydroxyl groups is 1. The van der Waals surface area contributed by atoms with Crippen LogP contribution in [0.25, 0.3) is 0 Å². The molecule has 3 heteroatoms. The number of aliphatic hydroxyl groups excluding tert-OH is 1. The third-order valence-corrected chi connectivity index (χ3v) is 3.54. The van der Waals surface area contributed by atoms with E-state index in [9.17, 15) is 5.11 Å². The van der Waals surface area contributed by atoms with Gasteiger partial charge in [-0.3, -0.25) is 0 Å². The minimum atomic E-state index is -0.563. The van der Waals surface area contributed by atoms with E-state index in [1.54, 1.807) is 12.1 Å². The summed E-state index contributed by atoms with van der Waals surface area (Å²) in [7, 11) is 0. The van der Waals surface area contributed by atoms with Crippen molar-refractivity contribution in [3.8, 4) is 12.1 Å². The number of rotatable bonds is 2. The van der Waals surface area contributed by atoms with Crippen molar-refractivity contribution in [2.75, 3.05) is 0 Å².